The van der Waals surface area contributed by atoms with E-state index in [1.165, 1.54) is 12.1 Å². The Balaban J connectivity index is 2.31. The minimum Gasteiger partial charge on any atom is -0.479 e. The molecule has 1 aliphatic carbocycles. The molecule has 1 saturated carbocycles. The first-order valence-corrected chi connectivity index (χ1v) is 6.71. The standard InChI is InChI=1S/C15H20FNO2/c1-10-6-7-11(2)15(9-10,14(18)19)17-13-5-3-4-12(16)8-13/h3-5,8,10-11,17H,6-7,9H2,1-2H3,(H,18,19). The molecule has 0 aromatic heterocycles. The Morgan fingerprint density at radius 3 is 2.79 bits per heavy atom. The van der Waals surface area contributed by atoms with Crippen LogP contribution >= 0.6 is 0 Å². The predicted molar refractivity (Wildman–Crippen MR) is 72.6 cm³/mol. The Kier molecular flexibility index (Phi) is 3.78. The van der Waals surface area contributed by atoms with E-state index in [1.807, 2.05) is 6.92 Å². The summed E-state index contributed by atoms with van der Waals surface area (Å²) in [6.07, 6.45) is 2.48. The lowest BCUT2D eigenvalue weighted by Crippen LogP contribution is -2.54. The van der Waals surface area contributed by atoms with E-state index >= 15 is 0 Å². The van der Waals surface area contributed by atoms with Crippen LogP contribution in [0.4, 0.5) is 10.1 Å². The number of benzene rings is 1. The predicted octanol–water partition coefficient (Wildman–Crippen LogP) is 3.52. The summed E-state index contributed by atoms with van der Waals surface area (Å²) in [4.78, 5) is 11.8. The van der Waals surface area contributed by atoms with Crippen LogP contribution in [0.1, 0.15) is 33.1 Å². The molecular weight excluding hydrogens is 245 g/mol. The number of rotatable bonds is 3. The zero-order valence-corrected chi connectivity index (χ0v) is 11.3. The van der Waals surface area contributed by atoms with Crippen LogP contribution in [-0.4, -0.2) is 16.6 Å². The van der Waals surface area contributed by atoms with Crippen LogP contribution in [-0.2, 0) is 4.79 Å². The Labute approximate surface area is 112 Å². The van der Waals surface area contributed by atoms with Crippen molar-refractivity contribution in [2.24, 2.45) is 11.8 Å². The number of anilines is 1. The van der Waals surface area contributed by atoms with E-state index in [9.17, 15) is 14.3 Å². The van der Waals surface area contributed by atoms with E-state index in [0.29, 0.717) is 18.0 Å². The molecule has 0 saturated heterocycles. The summed E-state index contributed by atoms with van der Waals surface area (Å²) >= 11 is 0. The van der Waals surface area contributed by atoms with Crippen molar-refractivity contribution in [1.82, 2.24) is 0 Å². The Morgan fingerprint density at radius 2 is 2.16 bits per heavy atom. The highest BCUT2D eigenvalue weighted by Gasteiger charge is 2.47. The van der Waals surface area contributed by atoms with Gasteiger partial charge in [-0.2, -0.15) is 0 Å². The third-order valence-corrected chi connectivity index (χ3v) is 4.18. The van der Waals surface area contributed by atoms with E-state index in [-0.39, 0.29) is 11.7 Å². The van der Waals surface area contributed by atoms with Crippen molar-refractivity contribution >= 4 is 11.7 Å². The van der Waals surface area contributed by atoms with Crippen molar-refractivity contribution in [3.05, 3.63) is 30.1 Å². The van der Waals surface area contributed by atoms with Crippen molar-refractivity contribution in [2.45, 2.75) is 38.6 Å². The molecular formula is C15H20FNO2. The van der Waals surface area contributed by atoms with Crippen LogP contribution in [0.3, 0.4) is 0 Å². The van der Waals surface area contributed by atoms with Gasteiger partial charge in [-0.1, -0.05) is 26.3 Å². The summed E-state index contributed by atoms with van der Waals surface area (Å²) in [7, 11) is 0. The molecule has 1 aliphatic rings. The highest BCUT2D eigenvalue weighted by molar-refractivity contribution is 5.83. The first-order chi connectivity index (χ1) is 8.94. The molecule has 4 heteroatoms. The summed E-state index contributed by atoms with van der Waals surface area (Å²) in [5.74, 6) is -0.837. The van der Waals surface area contributed by atoms with Gasteiger partial charge in [0.2, 0.25) is 0 Å². The van der Waals surface area contributed by atoms with Crippen LogP contribution < -0.4 is 5.32 Å². The smallest absolute Gasteiger partial charge is 0.329 e. The van der Waals surface area contributed by atoms with Gasteiger partial charge in [0, 0.05) is 5.69 Å². The topological polar surface area (TPSA) is 49.3 Å². The quantitative estimate of drug-likeness (QED) is 0.879. The van der Waals surface area contributed by atoms with Gasteiger partial charge in [-0.15, -0.1) is 0 Å². The maximum Gasteiger partial charge on any atom is 0.329 e. The van der Waals surface area contributed by atoms with Gasteiger partial charge in [0.15, 0.2) is 0 Å². The highest BCUT2D eigenvalue weighted by atomic mass is 19.1. The van der Waals surface area contributed by atoms with Crippen molar-refractivity contribution in [1.29, 1.82) is 0 Å². The fraction of sp³-hybridized carbons (Fsp3) is 0.533. The first-order valence-electron chi connectivity index (χ1n) is 6.71. The maximum atomic E-state index is 13.2. The van der Waals surface area contributed by atoms with Gasteiger partial charge in [-0.05, 0) is 42.9 Å². The first kappa shape index (κ1) is 13.8. The zero-order valence-electron chi connectivity index (χ0n) is 11.3. The molecule has 2 rings (SSSR count). The Morgan fingerprint density at radius 1 is 1.42 bits per heavy atom. The third-order valence-electron chi connectivity index (χ3n) is 4.18. The third kappa shape index (κ3) is 2.72. The monoisotopic (exact) mass is 265 g/mol. The Hall–Kier alpha value is -1.58. The number of nitrogens with one attached hydrogen (secondary N) is 1. The van der Waals surface area contributed by atoms with Crippen molar-refractivity contribution in [3.63, 3.8) is 0 Å². The fourth-order valence-electron chi connectivity index (χ4n) is 2.98. The highest BCUT2D eigenvalue weighted by Crippen LogP contribution is 2.39. The number of carbonyl (C=O) groups is 1. The molecule has 2 N–H and O–H groups in total. The summed E-state index contributed by atoms with van der Waals surface area (Å²) in [5.41, 5.74) is -0.464. The molecule has 104 valence electrons. The second kappa shape index (κ2) is 5.19. The fourth-order valence-corrected chi connectivity index (χ4v) is 2.98. The molecule has 1 aromatic rings. The van der Waals surface area contributed by atoms with Crippen molar-refractivity contribution in [2.75, 3.05) is 5.32 Å². The van der Waals surface area contributed by atoms with Gasteiger partial charge in [-0.25, -0.2) is 9.18 Å². The average Bonchev–Trinajstić information content (AvgIpc) is 2.33. The van der Waals surface area contributed by atoms with Crippen molar-refractivity contribution < 1.29 is 14.3 Å². The molecule has 3 unspecified atom stereocenters. The second-order valence-corrected chi connectivity index (χ2v) is 5.70. The molecule has 0 bridgehead atoms. The van der Waals surface area contributed by atoms with E-state index in [0.717, 1.165) is 12.8 Å². The minimum atomic E-state index is -0.995. The number of hydrogen-bond acceptors (Lipinski definition) is 2. The molecule has 0 spiro atoms. The number of carboxylic acids is 1. The average molecular weight is 265 g/mol. The molecule has 0 heterocycles. The lowest BCUT2D eigenvalue weighted by atomic mass is 9.69. The van der Waals surface area contributed by atoms with Gasteiger partial charge in [0.25, 0.3) is 0 Å². The molecule has 3 nitrogen and oxygen atoms in total. The van der Waals surface area contributed by atoms with Crippen LogP contribution in [0.15, 0.2) is 24.3 Å². The number of halogens is 1. The molecule has 0 aliphatic heterocycles. The van der Waals surface area contributed by atoms with Crippen LogP contribution in [0.25, 0.3) is 0 Å². The van der Waals surface area contributed by atoms with Gasteiger partial charge in [-0.3, -0.25) is 0 Å². The van der Waals surface area contributed by atoms with Gasteiger partial charge >= 0.3 is 5.97 Å². The van der Waals surface area contributed by atoms with Crippen LogP contribution in [0, 0.1) is 17.7 Å². The molecule has 1 fully saturated rings. The van der Waals surface area contributed by atoms with Crippen LogP contribution in [0.5, 0.6) is 0 Å². The summed E-state index contributed by atoms with van der Waals surface area (Å²) in [5, 5.41) is 12.7. The van der Waals surface area contributed by atoms with Gasteiger partial charge in [0.05, 0.1) is 0 Å². The minimum absolute atomic E-state index is 0.0180. The van der Waals surface area contributed by atoms with E-state index < -0.39 is 11.5 Å². The SMILES string of the molecule is CC1CCC(C)C(Nc2cccc(F)c2)(C(=O)O)C1. The molecule has 0 amide bonds. The van der Waals surface area contributed by atoms with E-state index in [2.05, 4.69) is 12.2 Å². The Bertz CT molecular complexity index is 477. The lowest BCUT2D eigenvalue weighted by Gasteiger charge is -2.42. The lowest BCUT2D eigenvalue weighted by molar-refractivity contribution is -0.146. The second-order valence-electron chi connectivity index (χ2n) is 5.70. The number of aliphatic carboxylic acids is 1. The zero-order chi connectivity index (χ0) is 14.0. The van der Waals surface area contributed by atoms with Crippen molar-refractivity contribution in [3.8, 4) is 0 Å². The molecule has 19 heavy (non-hydrogen) atoms. The normalized spacial score (nSPS) is 30.9. The van der Waals surface area contributed by atoms with E-state index in [1.54, 1.807) is 12.1 Å². The molecule has 1 aromatic carbocycles. The summed E-state index contributed by atoms with van der Waals surface area (Å²) in [6, 6.07) is 5.99. The largest absolute Gasteiger partial charge is 0.479 e. The van der Waals surface area contributed by atoms with Gasteiger partial charge in [0.1, 0.15) is 11.4 Å². The summed E-state index contributed by atoms with van der Waals surface area (Å²) in [6.45, 7) is 4.02. The summed E-state index contributed by atoms with van der Waals surface area (Å²) < 4.78 is 13.2. The van der Waals surface area contributed by atoms with E-state index in [4.69, 9.17) is 0 Å². The maximum absolute atomic E-state index is 13.2. The van der Waals surface area contributed by atoms with Gasteiger partial charge < -0.3 is 10.4 Å². The number of carboxylic acid groups (broad SMARTS) is 1. The molecule has 0 radical (unpaired) electrons. The number of hydrogen-bond donors (Lipinski definition) is 2. The molecule has 3 atom stereocenters. The van der Waals surface area contributed by atoms with Crippen LogP contribution in [0.2, 0.25) is 0 Å².